The van der Waals surface area contributed by atoms with Crippen molar-refractivity contribution in [1.82, 2.24) is 4.90 Å². The molecule has 2 saturated heterocycles. The van der Waals surface area contributed by atoms with Crippen molar-refractivity contribution in [2.75, 3.05) is 19.6 Å². The van der Waals surface area contributed by atoms with Gasteiger partial charge in [0.1, 0.15) is 0 Å². The minimum atomic E-state index is -0.367. The molecular formula is C17H24ClNO. The highest BCUT2D eigenvalue weighted by Crippen LogP contribution is 2.34. The van der Waals surface area contributed by atoms with Gasteiger partial charge in [0.25, 0.3) is 0 Å². The molecule has 2 aliphatic heterocycles. The maximum atomic E-state index is 10.3. The van der Waals surface area contributed by atoms with Gasteiger partial charge in [-0.3, -0.25) is 0 Å². The van der Waals surface area contributed by atoms with Crippen molar-refractivity contribution in [3.8, 4) is 0 Å². The molecular weight excluding hydrogens is 270 g/mol. The van der Waals surface area contributed by atoms with E-state index in [4.69, 9.17) is 11.6 Å². The fourth-order valence-electron chi connectivity index (χ4n) is 3.74. The lowest BCUT2D eigenvalue weighted by Crippen LogP contribution is -2.30. The number of halogens is 1. The summed E-state index contributed by atoms with van der Waals surface area (Å²) in [6.07, 6.45) is 6.12. The summed E-state index contributed by atoms with van der Waals surface area (Å²) in [6.45, 7) is 3.49. The third-order valence-corrected chi connectivity index (χ3v) is 5.22. The second-order valence-electron chi connectivity index (χ2n) is 6.50. The predicted octanol–water partition coefficient (Wildman–Crippen LogP) is 3.89. The molecule has 1 atom stereocenters. The fourth-order valence-corrected chi connectivity index (χ4v) is 3.87. The topological polar surface area (TPSA) is 23.5 Å². The molecule has 0 amide bonds. The van der Waals surface area contributed by atoms with E-state index in [0.717, 1.165) is 35.4 Å². The van der Waals surface area contributed by atoms with E-state index in [0.29, 0.717) is 0 Å². The van der Waals surface area contributed by atoms with Gasteiger partial charge in [-0.1, -0.05) is 23.7 Å². The van der Waals surface area contributed by atoms with E-state index in [1.54, 1.807) is 0 Å². The molecule has 0 unspecified atom stereocenters. The third-order valence-electron chi connectivity index (χ3n) is 4.97. The Labute approximate surface area is 126 Å². The first-order chi connectivity index (χ1) is 9.70. The highest BCUT2D eigenvalue weighted by Gasteiger charge is 2.29. The van der Waals surface area contributed by atoms with Gasteiger partial charge in [-0.05, 0) is 61.6 Å². The van der Waals surface area contributed by atoms with Gasteiger partial charge in [0.15, 0.2) is 0 Å². The molecule has 0 aromatic heterocycles. The molecule has 2 nitrogen and oxygen atoms in total. The van der Waals surface area contributed by atoms with Crippen molar-refractivity contribution in [2.45, 2.75) is 38.2 Å². The van der Waals surface area contributed by atoms with Crippen molar-refractivity contribution < 1.29 is 5.11 Å². The Morgan fingerprint density at radius 1 is 1.05 bits per heavy atom. The van der Waals surface area contributed by atoms with Crippen LogP contribution in [0.3, 0.4) is 0 Å². The quantitative estimate of drug-likeness (QED) is 0.910. The first-order valence-corrected chi connectivity index (χ1v) is 8.24. The molecule has 2 bridgehead atoms. The number of nitrogens with zero attached hydrogens (tertiary/aromatic N) is 1. The monoisotopic (exact) mass is 293 g/mol. The Morgan fingerprint density at radius 2 is 1.60 bits per heavy atom. The standard InChI is InChI=1S/C17H24ClNO/c18-16-7-5-15(6-8-16)17(20)9-10-19-11-13-1-2-14(12-19)4-3-13/h5-8,13-14,17,20H,1-4,9-12H2/t13?,14?,17-/m1/s1. The molecule has 3 fully saturated rings. The van der Waals surface area contributed by atoms with Gasteiger partial charge in [0.05, 0.1) is 6.10 Å². The first kappa shape index (κ1) is 14.4. The molecule has 1 N–H and O–H groups in total. The van der Waals surface area contributed by atoms with Gasteiger partial charge < -0.3 is 10.0 Å². The molecule has 20 heavy (non-hydrogen) atoms. The minimum absolute atomic E-state index is 0.367. The summed E-state index contributed by atoms with van der Waals surface area (Å²) in [5.41, 5.74) is 0.979. The smallest absolute Gasteiger partial charge is 0.0802 e. The molecule has 4 rings (SSSR count). The van der Waals surface area contributed by atoms with Crippen LogP contribution in [0, 0.1) is 11.8 Å². The van der Waals surface area contributed by atoms with Crippen molar-refractivity contribution in [2.24, 2.45) is 11.8 Å². The van der Waals surface area contributed by atoms with Gasteiger partial charge in [-0.25, -0.2) is 0 Å². The molecule has 2 heterocycles. The lowest BCUT2D eigenvalue weighted by Gasteiger charge is -2.23. The summed E-state index contributed by atoms with van der Waals surface area (Å²) in [5, 5.41) is 11.0. The van der Waals surface area contributed by atoms with E-state index in [1.807, 2.05) is 24.3 Å². The fraction of sp³-hybridized carbons (Fsp3) is 0.647. The number of benzene rings is 1. The van der Waals surface area contributed by atoms with Gasteiger partial charge >= 0.3 is 0 Å². The highest BCUT2D eigenvalue weighted by atomic mass is 35.5. The molecule has 3 heteroatoms. The maximum absolute atomic E-state index is 10.3. The number of aliphatic hydroxyl groups excluding tert-OH is 1. The largest absolute Gasteiger partial charge is 0.388 e. The normalized spacial score (nSPS) is 28.3. The van der Waals surface area contributed by atoms with Crippen LogP contribution in [0.15, 0.2) is 24.3 Å². The summed E-state index contributed by atoms with van der Waals surface area (Å²) in [4.78, 5) is 2.58. The summed E-state index contributed by atoms with van der Waals surface area (Å²) < 4.78 is 0. The molecule has 1 aliphatic carbocycles. The van der Waals surface area contributed by atoms with E-state index >= 15 is 0 Å². The van der Waals surface area contributed by atoms with Crippen LogP contribution in [0.2, 0.25) is 5.02 Å². The predicted molar refractivity (Wildman–Crippen MR) is 82.9 cm³/mol. The highest BCUT2D eigenvalue weighted by molar-refractivity contribution is 6.30. The maximum Gasteiger partial charge on any atom is 0.0802 e. The van der Waals surface area contributed by atoms with Crippen LogP contribution in [-0.2, 0) is 0 Å². The zero-order valence-electron chi connectivity index (χ0n) is 12.0. The first-order valence-electron chi connectivity index (χ1n) is 7.86. The number of aliphatic hydroxyl groups is 1. The van der Waals surface area contributed by atoms with Crippen molar-refractivity contribution in [3.63, 3.8) is 0 Å². The van der Waals surface area contributed by atoms with Gasteiger partial charge in [0.2, 0.25) is 0 Å². The Kier molecular flexibility index (Phi) is 4.65. The van der Waals surface area contributed by atoms with E-state index in [1.165, 1.54) is 38.8 Å². The Hall–Kier alpha value is -0.570. The molecule has 0 spiro atoms. The van der Waals surface area contributed by atoms with E-state index in [9.17, 15) is 5.11 Å². The molecule has 3 aliphatic rings. The summed E-state index contributed by atoms with van der Waals surface area (Å²) in [7, 11) is 0. The zero-order valence-corrected chi connectivity index (χ0v) is 12.7. The van der Waals surface area contributed by atoms with Gasteiger partial charge in [0, 0.05) is 24.7 Å². The second-order valence-corrected chi connectivity index (χ2v) is 6.94. The third kappa shape index (κ3) is 3.55. The molecule has 0 radical (unpaired) electrons. The van der Waals surface area contributed by atoms with Crippen LogP contribution in [0.5, 0.6) is 0 Å². The summed E-state index contributed by atoms with van der Waals surface area (Å²) in [5.74, 6) is 1.81. The van der Waals surface area contributed by atoms with E-state index in [-0.39, 0.29) is 6.10 Å². The van der Waals surface area contributed by atoms with Crippen LogP contribution in [0.25, 0.3) is 0 Å². The van der Waals surface area contributed by atoms with Gasteiger partial charge in [-0.15, -0.1) is 0 Å². The SMILES string of the molecule is O[C@H](CCN1CC2CCC(CC2)C1)c1ccc(Cl)cc1. The van der Waals surface area contributed by atoms with Crippen LogP contribution in [0.1, 0.15) is 43.8 Å². The summed E-state index contributed by atoms with van der Waals surface area (Å²) >= 11 is 5.88. The number of rotatable bonds is 4. The minimum Gasteiger partial charge on any atom is -0.388 e. The Balaban J connectivity index is 1.52. The Bertz CT molecular complexity index is 411. The Morgan fingerprint density at radius 3 is 2.15 bits per heavy atom. The zero-order chi connectivity index (χ0) is 13.9. The van der Waals surface area contributed by atoms with E-state index < -0.39 is 0 Å². The molecule has 1 aromatic carbocycles. The van der Waals surface area contributed by atoms with Crippen LogP contribution >= 0.6 is 11.6 Å². The average molecular weight is 294 g/mol. The van der Waals surface area contributed by atoms with Crippen molar-refractivity contribution in [1.29, 1.82) is 0 Å². The van der Waals surface area contributed by atoms with Crippen molar-refractivity contribution in [3.05, 3.63) is 34.9 Å². The number of hydrogen-bond donors (Lipinski definition) is 1. The molecule has 110 valence electrons. The van der Waals surface area contributed by atoms with Crippen LogP contribution < -0.4 is 0 Å². The molecule has 1 aromatic rings. The lowest BCUT2D eigenvalue weighted by atomic mass is 9.84. The second kappa shape index (κ2) is 6.46. The van der Waals surface area contributed by atoms with Crippen LogP contribution in [-0.4, -0.2) is 29.6 Å². The van der Waals surface area contributed by atoms with Crippen LogP contribution in [0.4, 0.5) is 0 Å². The number of fused-ring (bicyclic) bond motifs is 4. The molecule has 1 saturated carbocycles. The number of hydrogen-bond acceptors (Lipinski definition) is 2. The average Bonchev–Trinajstić information content (AvgIpc) is 2.78. The lowest BCUT2D eigenvalue weighted by molar-refractivity contribution is 0.138. The summed E-state index contributed by atoms with van der Waals surface area (Å²) in [6, 6.07) is 7.57. The van der Waals surface area contributed by atoms with Crippen molar-refractivity contribution >= 4 is 11.6 Å². The van der Waals surface area contributed by atoms with Gasteiger partial charge in [-0.2, -0.15) is 0 Å². The van der Waals surface area contributed by atoms with E-state index in [2.05, 4.69) is 4.90 Å².